The van der Waals surface area contributed by atoms with Crippen molar-refractivity contribution in [3.63, 3.8) is 0 Å². The summed E-state index contributed by atoms with van der Waals surface area (Å²) >= 11 is 7.58. The highest BCUT2D eigenvalue weighted by Gasteiger charge is 2.17. The van der Waals surface area contributed by atoms with Crippen LogP contribution >= 0.6 is 23.4 Å². The highest BCUT2D eigenvalue weighted by molar-refractivity contribution is 8.00. The maximum atomic E-state index is 12.6. The molecule has 1 atom stereocenters. The molecule has 3 rings (SSSR count). The zero-order valence-electron chi connectivity index (χ0n) is 16.6. The van der Waals surface area contributed by atoms with Crippen molar-refractivity contribution in [1.82, 2.24) is 5.32 Å². The van der Waals surface area contributed by atoms with Gasteiger partial charge in [0.1, 0.15) is 0 Å². The van der Waals surface area contributed by atoms with Crippen molar-refractivity contribution in [1.29, 1.82) is 0 Å². The molecule has 0 saturated heterocycles. The summed E-state index contributed by atoms with van der Waals surface area (Å²) in [7, 11) is 0. The van der Waals surface area contributed by atoms with Gasteiger partial charge in [0.15, 0.2) is 0 Å². The summed E-state index contributed by atoms with van der Waals surface area (Å²) in [6, 6.07) is 24.7. The molecule has 3 aromatic rings. The molecule has 0 aliphatic rings. The van der Waals surface area contributed by atoms with Gasteiger partial charge in [0.2, 0.25) is 5.91 Å². The van der Waals surface area contributed by atoms with Crippen LogP contribution in [0.5, 0.6) is 0 Å². The lowest BCUT2D eigenvalue weighted by molar-refractivity contribution is -0.113. The van der Waals surface area contributed by atoms with Crippen LogP contribution in [0.3, 0.4) is 0 Å². The molecule has 0 aliphatic carbocycles. The second-order valence-corrected chi connectivity index (χ2v) is 8.17. The van der Waals surface area contributed by atoms with Gasteiger partial charge < -0.3 is 10.6 Å². The van der Waals surface area contributed by atoms with Crippen molar-refractivity contribution >= 4 is 40.9 Å². The van der Waals surface area contributed by atoms with Crippen LogP contribution in [0.4, 0.5) is 5.69 Å². The number of amides is 2. The molecule has 6 heteroatoms. The van der Waals surface area contributed by atoms with E-state index in [2.05, 4.69) is 22.8 Å². The van der Waals surface area contributed by atoms with E-state index in [9.17, 15) is 9.59 Å². The van der Waals surface area contributed by atoms with Crippen LogP contribution in [-0.4, -0.2) is 24.1 Å². The third kappa shape index (κ3) is 6.12. The number of carbonyl (C=O) groups excluding carboxylic acids is 2. The fourth-order valence-corrected chi connectivity index (χ4v) is 4.22. The van der Waals surface area contributed by atoms with Crippen molar-refractivity contribution in [2.75, 3.05) is 17.6 Å². The number of halogens is 1. The van der Waals surface area contributed by atoms with Crippen molar-refractivity contribution in [3.8, 4) is 0 Å². The number of thioether (sulfide) groups is 1. The fourth-order valence-electron chi connectivity index (χ4n) is 3.01. The number of carbonyl (C=O) groups is 2. The largest absolute Gasteiger partial charge is 0.352 e. The van der Waals surface area contributed by atoms with E-state index in [1.165, 1.54) is 0 Å². The molecule has 3 aromatic carbocycles. The van der Waals surface area contributed by atoms with E-state index in [1.807, 2.05) is 49.4 Å². The maximum Gasteiger partial charge on any atom is 0.251 e. The summed E-state index contributed by atoms with van der Waals surface area (Å²) in [4.78, 5) is 24.6. The first kappa shape index (κ1) is 21.9. The Balaban J connectivity index is 1.68. The molecular formula is C24H23ClN2O2S. The van der Waals surface area contributed by atoms with Crippen LogP contribution in [-0.2, 0) is 4.79 Å². The monoisotopic (exact) mass is 438 g/mol. The first-order chi connectivity index (χ1) is 14.6. The number of hydrogen-bond acceptors (Lipinski definition) is 3. The Labute approximate surface area is 186 Å². The fraction of sp³-hybridized carbons (Fsp3) is 0.167. The summed E-state index contributed by atoms with van der Waals surface area (Å²) < 4.78 is 0. The number of benzene rings is 3. The molecule has 4 nitrogen and oxygen atoms in total. The predicted molar refractivity (Wildman–Crippen MR) is 125 cm³/mol. The summed E-state index contributed by atoms with van der Waals surface area (Å²) in [5.41, 5.74) is 3.33. The molecule has 0 radical (unpaired) electrons. The number of rotatable bonds is 8. The molecule has 0 spiro atoms. The number of anilines is 1. The zero-order chi connectivity index (χ0) is 21.3. The minimum atomic E-state index is -0.158. The summed E-state index contributed by atoms with van der Waals surface area (Å²) in [6.07, 6.45) is 0. The highest BCUT2D eigenvalue weighted by atomic mass is 35.5. The van der Waals surface area contributed by atoms with Crippen LogP contribution in [0.2, 0.25) is 5.02 Å². The Bertz CT molecular complexity index is 994. The van der Waals surface area contributed by atoms with Crippen LogP contribution < -0.4 is 10.6 Å². The second kappa shape index (κ2) is 10.9. The summed E-state index contributed by atoms with van der Waals surface area (Å²) in [5, 5.41) is 6.33. The van der Waals surface area contributed by atoms with Crippen molar-refractivity contribution < 1.29 is 9.59 Å². The van der Waals surface area contributed by atoms with Gasteiger partial charge in [0.05, 0.1) is 11.0 Å². The first-order valence-corrected chi connectivity index (χ1v) is 11.1. The van der Waals surface area contributed by atoms with Crippen molar-refractivity contribution in [3.05, 3.63) is 101 Å². The molecule has 0 aliphatic heterocycles. The van der Waals surface area contributed by atoms with Gasteiger partial charge in [0.25, 0.3) is 5.91 Å². The molecule has 30 heavy (non-hydrogen) atoms. The number of nitrogens with one attached hydrogen (secondary N) is 2. The molecule has 0 saturated carbocycles. The molecule has 2 N–H and O–H groups in total. The van der Waals surface area contributed by atoms with Crippen LogP contribution in [0.25, 0.3) is 0 Å². The molecule has 0 fully saturated rings. The third-order valence-electron chi connectivity index (χ3n) is 4.40. The third-order valence-corrected chi connectivity index (χ3v) is 5.96. The lowest BCUT2D eigenvalue weighted by Gasteiger charge is -2.18. The van der Waals surface area contributed by atoms with E-state index in [0.717, 1.165) is 11.1 Å². The Hall–Kier alpha value is -2.76. The van der Waals surface area contributed by atoms with Crippen LogP contribution in [0.15, 0.2) is 78.9 Å². The maximum absolute atomic E-state index is 12.6. The lowest BCUT2D eigenvalue weighted by atomic mass is 10.0. The van der Waals surface area contributed by atoms with Gasteiger partial charge in [-0.1, -0.05) is 60.1 Å². The predicted octanol–water partition coefficient (Wildman–Crippen LogP) is 5.55. The first-order valence-electron chi connectivity index (χ1n) is 9.67. The van der Waals surface area contributed by atoms with Gasteiger partial charge >= 0.3 is 0 Å². The van der Waals surface area contributed by atoms with Gasteiger partial charge in [-0.3, -0.25) is 9.59 Å². The van der Waals surface area contributed by atoms with E-state index < -0.39 is 0 Å². The average Bonchev–Trinajstić information content (AvgIpc) is 2.76. The molecule has 0 heterocycles. The molecule has 2 amide bonds. The Morgan fingerprint density at radius 1 is 0.933 bits per heavy atom. The normalized spacial score (nSPS) is 11.5. The minimum absolute atomic E-state index is 0.0101. The van der Waals surface area contributed by atoms with Crippen LogP contribution in [0.1, 0.15) is 33.7 Å². The van der Waals surface area contributed by atoms with Gasteiger partial charge in [-0.2, -0.15) is 0 Å². The van der Waals surface area contributed by atoms with Gasteiger partial charge in [-0.25, -0.2) is 0 Å². The molecular weight excluding hydrogens is 416 g/mol. The molecule has 1 unspecified atom stereocenters. The Morgan fingerprint density at radius 2 is 1.63 bits per heavy atom. The SMILES string of the molecule is CCNC(=O)c1cccc(NC(=O)CSC(c2ccccc2)c2ccc(Cl)cc2)c1. The number of hydrogen-bond donors (Lipinski definition) is 2. The van der Waals surface area contributed by atoms with E-state index in [4.69, 9.17) is 11.6 Å². The van der Waals surface area contributed by atoms with Crippen molar-refractivity contribution in [2.45, 2.75) is 12.2 Å². The van der Waals surface area contributed by atoms with Gasteiger partial charge in [0, 0.05) is 22.8 Å². The molecule has 154 valence electrons. The summed E-state index contributed by atoms with van der Waals surface area (Å²) in [5.74, 6) is -0.00842. The second-order valence-electron chi connectivity index (χ2n) is 6.64. The Kier molecular flexibility index (Phi) is 7.94. The summed E-state index contributed by atoms with van der Waals surface area (Å²) in [6.45, 7) is 2.42. The Morgan fingerprint density at radius 3 is 2.33 bits per heavy atom. The smallest absolute Gasteiger partial charge is 0.251 e. The standard InChI is InChI=1S/C24H23ClN2O2S/c1-2-26-24(29)19-9-6-10-21(15-19)27-22(28)16-30-23(17-7-4-3-5-8-17)18-11-13-20(25)14-12-18/h3-15,23H,2,16H2,1H3,(H,26,29)(H,27,28). The van der Waals surface area contributed by atoms with Gasteiger partial charge in [-0.15, -0.1) is 11.8 Å². The van der Waals surface area contributed by atoms with E-state index in [1.54, 1.807) is 36.0 Å². The lowest BCUT2D eigenvalue weighted by Crippen LogP contribution is -2.23. The van der Waals surface area contributed by atoms with Crippen LogP contribution in [0, 0.1) is 0 Å². The van der Waals surface area contributed by atoms with E-state index in [0.29, 0.717) is 22.8 Å². The van der Waals surface area contributed by atoms with Gasteiger partial charge in [-0.05, 0) is 48.4 Å². The average molecular weight is 439 g/mol. The zero-order valence-corrected chi connectivity index (χ0v) is 18.2. The van der Waals surface area contributed by atoms with E-state index >= 15 is 0 Å². The van der Waals surface area contributed by atoms with Crippen molar-refractivity contribution in [2.24, 2.45) is 0 Å². The van der Waals surface area contributed by atoms with E-state index in [-0.39, 0.29) is 22.8 Å². The topological polar surface area (TPSA) is 58.2 Å². The quantitative estimate of drug-likeness (QED) is 0.484. The molecule has 0 bridgehead atoms. The molecule has 0 aromatic heterocycles. The highest BCUT2D eigenvalue weighted by Crippen LogP contribution is 2.36. The minimum Gasteiger partial charge on any atom is -0.352 e.